The number of nitrogens with one attached hydrogen (secondary N) is 2. The summed E-state index contributed by atoms with van der Waals surface area (Å²) in [5, 5.41) is 6.42. The summed E-state index contributed by atoms with van der Waals surface area (Å²) in [4.78, 5) is 11.6. The quantitative estimate of drug-likeness (QED) is 0.728. The zero-order valence-corrected chi connectivity index (χ0v) is 9.24. The SMILES string of the molecule is Cl.O=C(NC1CCCNC1)C1CCC1. The van der Waals surface area contributed by atoms with Crippen molar-refractivity contribution in [1.82, 2.24) is 10.6 Å². The number of carbonyl (C=O) groups is 1. The fourth-order valence-corrected chi connectivity index (χ4v) is 1.96. The van der Waals surface area contributed by atoms with Crippen LogP contribution >= 0.6 is 12.4 Å². The van der Waals surface area contributed by atoms with Crippen LogP contribution in [0.5, 0.6) is 0 Å². The van der Waals surface area contributed by atoms with Crippen molar-refractivity contribution in [2.24, 2.45) is 5.92 Å². The van der Waals surface area contributed by atoms with Crippen LogP contribution in [0, 0.1) is 5.92 Å². The molecular formula is C10H19ClN2O. The van der Waals surface area contributed by atoms with Crippen LogP contribution in [0.4, 0.5) is 0 Å². The molecule has 0 aromatic carbocycles. The van der Waals surface area contributed by atoms with E-state index >= 15 is 0 Å². The van der Waals surface area contributed by atoms with Crippen molar-refractivity contribution in [1.29, 1.82) is 0 Å². The Morgan fingerprint density at radius 2 is 2.00 bits per heavy atom. The highest BCUT2D eigenvalue weighted by atomic mass is 35.5. The molecule has 4 heteroatoms. The highest BCUT2D eigenvalue weighted by Crippen LogP contribution is 2.26. The van der Waals surface area contributed by atoms with Crippen LogP contribution in [0.1, 0.15) is 32.1 Å². The summed E-state index contributed by atoms with van der Waals surface area (Å²) >= 11 is 0. The molecule has 1 aliphatic heterocycles. The normalized spacial score (nSPS) is 27.3. The summed E-state index contributed by atoms with van der Waals surface area (Å²) in [6, 6.07) is 0.391. The van der Waals surface area contributed by atoms with Crippen LogP contribution in [0.3, 0.4) is 0 Å². The Morgan fingerprint density at radius 3 is 2.50 bits per heavy atom. The Hall–Kier alpha value is -0.280. The molecule has 1 atom stereocenters. The zero-order valence-electron chi connectivity index (χ0n) is 8.42. The van der Waals surface area contributed by atoms with Crippen molar-refractivity contribution in [2.45, 2.75) is 38.1 Å². The van der Waals surface area contributed by atoms with Gasteiger partial charge in [0.1, 0.15) is 0 Å². The van der Waals surface area contributed by atoms with Gasteiger partial charge in [0.15, 0.2) is 0 Å². The molecule has 0 bridgehead atoms. The van der Waals surface area contributed by atoms with E-state index in [-0.39, 0.29) is 12.4 Å². The Morgan fingerprint density at radius 1 is 1.21 bits per heavy atom. The highest BCUT2D eigenvalue weighted by Gasteiger charge is 2.27. The van der Waals surface area contributed by atoms with Crippen LogP contribution in [0.25, 0.3) is 0 Å². The van der Waals surface area contributed by atoms with Crippen LogP contribution < -0.4 is 10.6 Å². The summed E-state index contributed by atoms with van der Waals surface area (Å²) in [6.07, 6.45) is 5.78. The molecule has 2 N–H and O–H groups in total. The topological polar surface area (TPSA) is 41.1 Å². The van der Waals surface area contributed by atoms with Gasteiger partial charge >= 0.3 is 0 Å². The monoisotopic (exact) mass is 218 g/mol. The van der Waals surface area contributed by atoms with Crippen LogP contribution in [0.15, 0.2) is 0 Å². The number of amides is 1. The van der Waals surface area contributed by atoms with Crippen molar-refractivity contribution in [3.63, 3.8) is 0 Å². The fraction of sp³-hybridized carbons (Fsp3) is 0.900. The molecule has 0 radical (unpaired) electrons. The lowest BCUT2D eigenvalue weighted by molar-refractivity contribution is -0.128. The van der Waals surface area contributed by atoms with Crippen LogP contribution in [-0.2, 0) is 4.79 Å². The van der Waals surface area contributed by atoms with Crippen LogP contribution in [-0.4, -0.2) is 25.0 Å². The largest absolute Gasteiger partial charge is 0.352 e. The second-order valence-corrected chi connectivity index (χ2v) is 4.18. The number of carbonyl (C=O) groups excluding carboxylic acids is 1. The van der Waals surface area contributed by atoms with Gasteiger partial charge < -0.3 is 10.6 Å². The van der Waals surface area contributed by atoms with Crippen molar-refractivity contribution in [3.05, 3.63) is 0 Å². The number of rotatable bonds is 2. The maximum Gasteiger partial charge on any atom is 0.223 e. The first-order valence-corrected chi connectivity index (χ1v) is 5.37. The summed E-state index contributed by atoms with van der Waals surface area (Å²) in [7, 11) is 0. The summed E-state index contributed by atoms with van der Waals surface area (Å²) in [5.74, 6) is 0.627. The Labute approximate surface area is 91.4 Å². The molecule has 2 aliphatic rings. The first kappa shape index (κ1) is 11.8. The first-order chi connectivity index (χ1) is 6.36. The van der Waals surface area contributed by atoms with Gasteiger partial charge in [0.05, 0.1) is 0 Å². The van der Waals surface area contributed by atoms with E-state index < -0.39 is 0 Å². The predicted molar refractivity (Wildman–Crippen MR) is 58.6 cm³/mol. The Bertz CT molecular complexity index is 189. The second kappa shape index (κ2) is 5.56. The molecule has 14 heavy (non-hydrogen) atoms. The smallest absolute Gasteiger partial charge is 0.223 e. The number of piperidine rings is 1. The molecule has 0 spiro atoms. The van der Waals surface area contributed by atoms with Gasteiger partial charge in [0.2, 0.25) is 5.91 Å². The van der Waals surface area contributed by atoms with E-state index in [4.69, 9.17) is 0 Å². The maximum absolute atomic E-state index is 11.6. The molecule has 1 amide bonds. The molecule has 0 aromatic heterocycles. The van der Waals surface area contributed by atoms with Crippen molar-refractivity contribution >= 4 is 18.3 Å². The third-order valence-electron chi connectivity index (χ3n) is 3.12. The molecule has 0 aromatic rings. The van der Waals surface area contributed by atoms with Gasteiger partial charge in [-0.3, -0.25) is 4.79 Å². The van der Waals surface area contributed by atoms with Gasteiger partial charge in [0, 0.05) is 18.5 Å². The van der Waals surface area contributed by atoms with E-state index in [0.29, 0.717) is 17.9 Å². The van der Waals surface area contributed by atoms with Gasteiger partial charge in [-0.05, 0) is 32.2 Å². The average molecular weight is 219 g/mol. The van der Waals surface area contributed by atoms with E-state index in [9.17, 15) is 4.79 Å². The highest BCUT2D eigenvalue weighted by molar-refractivity contribution is 5.85. The summed E-state index contributed by atoms with van der Waals surface area (Å²) in [6.45, 7) is 2.06. The average Bonchev–Trinajstić information content (AvgIpc) is 2.02. The summed E-state index contributed by atoms with van der Waals surface area (Å²) < 4.78 is 0. The molecule has 2 fully saturated rings. The molecule has 1 unspecified atom stereocenters. The lowest BCUT2D eigenvalue weighted by Crippen LogP contribution is -2.48. The lowest BCUT2D eigenvalue weighted by atomic mass is 9.84. The molecule has 1 saturated carbocycles. The zero-order chi connectivity index (χ0) is 9.10. The Balaban J connectivity index is 0.000000980. The molecular weight excluding hydrogens is 200 g/mol. The van der Waals surface area contributed by atoms with Crippen LogP contribution in [0.2, 0.25) is 0 Å². The van der Waals surface area contributed by atoms with Gasteiger partial charge in [-0.2, -0.15) is 0 Å². The predicted octanol–water partition coefficient (Wildman–Crippen LogP) is 1.08. The minimum absolute atomic E-state index is 0. The molecule has 1 saturated heterocycles. The number of hydrogen-bond acceptors (Lipinski definition) is 2. The molecule has 1 aliphatic carbocycles. The minimum Gasteiger partial charge on any atom is -0.352 e. The van der Waals surface area contributed by atoms with E-state index in [1.54, 1.807) is 0 Å². The number of halogens is 1. The van der Waals surface area contributed by atoms with Crippen molar-refractivity contribution < 1.29 is 4.79 Å². The van der Waals surface area contributed by atoms with Gasteiger partial charge in [-0.15, -0.1) is 12.4 Å². The molecule has 3 nitrogen and oxygen atoms in total. The van der Waals surface area contributed by atoms with Crippen molar-refractivity contribution in [3.8, 4) is 0 Å². The standard InChI is InChI=1S/C10H18N2O.ClH/c13-10(8-3-1-4-8)12-9-5-2-6-11-7-9;/h8-9,11H,1-7H2,(H,12,13);1H. The first-order valence-electron chi connectivity index (χ1n) is 5.37. The van der Waals surface area contributed by atoms with E-state index in [1.807, 2.05) is 0 Å². The molecule has 1 heterocycles. The van der Waals surface area contributed by atoms with Gasteiger partial charge in [-0.1, -0.05) is 6.42 Å². The maximum atomic E-state index is 11.6. The second-order valence-electron chi connectivity index (χ2n) is 4.18. The Kier molecular flexibility index (Phi) is 4.69. The van der Waals surface area contributed by atoms with Gasteiger partial charge in [-0.25, -0.2) is 0 Å². The number of hydrogen-bond donors (Lipinski definition) is 2. The summed E-state index contributed by atoms with van der Waals surface area (Å²) in [5.41, 5.74) is 0. The molecule has 82 valence electrons. The minimum atomic E-state index is 0. The third-order valence-corrected chi connectivity index (χ3v) is 3.12. The van der Waals surface area contributed by atoms with E-state index in [2.05, 4.69) is 10.6 Å². The fourth-order valence-electron chi connectivity index (χ4n) is 1.96. The van der Waals surface area contributed by atoms with E-state index in [0.717, 1.165) is 32.4 Å². The van der Waals surface area contributed by atoms with E-state index in [1.165, 1.54) is 12.8 Å². The third kappa shape index (κ3) is 2.85. The lowest BCUT2D eigenvalue weighted by Gasteiger charge is -2.29. The van der Waals surface area contributed by atoms with Gasteiger partial charge in [0.25, 0.3) is 0 Å². The van der Waals surface area contributed by atoms with Crippen molar-refractivity contribution in [2.75, 3.05) is 13.1 Å². The molecule has 2 rings (SSSR count).